The number of carbonyl (C=O) groups excluding carboxylic acids is 2. The maximum atomic E-state index is 12.9. The van der Waals surface area contributed by atoms with Gasteiger partial charge in [-0.25, -0.2) is 9.18 Å². The summed E-state index contributed by atoms with van der Waals surface area (Å²) in [5.74, 6) is 0.412. The second kappa shape index (κ2) is 8.72. The van der Waals surface area contributed by atoms with Crippen LogP contribution < -0.4 is 21.1 Å². The average Bonchev–Trinajstić information content (AvgIpc) is 3.15. The maximum Gasteiger partial charge on any atom is 0.316 e. The van der Waals surface area contributed by atoms with Crippen LogP contribution in [0.25, 0.3) is 0 Å². The molecule has 4 N–H and O–H groups in total. The zero-order valence-corrected chi connectivity index (χ0v) is 14.8. The summed E-state index contributed by atoms with van der Waals surface area (Å²) in [6.45, 7) is 0.408. The van der Waals surface area contributed by atoms with E-state index in [-0.39, 0.29) is 30.6 Å². The quantitative estimate of drug-likeness (QED) is 0.581. The summed E-state index contributed by atoms with van der Waals surface area (Å²) >= 11 is 0. The van der Waals surface area contributed by atoms with E-state index >= 15 is 0 Å². The molecular formula is C20H18FN3O4. The number of halogens is 1. The molecule has 7 nitrogen and oxygen atoms in total. The fourth-order valence-corrected chi connectivity index (χ4v) is 2.38. The van der Waals surface area contributed by atoms with Gasteiger partial charge in [0.05, 0.1) is 0 Å². The van der Waals surface area contributed by atoms with Gasteiger partial charge < -0.3 is 25.5 Å². The van der Waals surface area contributed by atoms with Crippen molar-refractivity contribution in [2.45, 2.75) is 13.2 Å². The van der Waals surface area contributed by atoms with E-state index in [4.69, 9.17) is 14.9 Å². The molecule has 0 saturated heterocycles. The summed E-state index contributed by atoms with van der Waals surface area (Å²) in [7, 11) is 0. The van der Waals surface area contributed by atoms with Crippen molar-refractivity contribution in [2.75, 3.05) is 5.32 Å². The molecule has 0 bridgehead atoms. The molecule has 1 heterocycles. The van der Waals surface area contributed by atoms with Gasteiger partial charge in [0.25, 0.3) is 5.91 Å². The number of benzene rings is 2. The number of nitrogens with two attached hydrogens (primary N) is 1. The number of amides is 3. The van der Waals surface area contributed by atoms with Crippen LogP contribution in [0.2, 0.25) is 0 Å². The van der Waals surface area contributed by atoms with E-state index < -0.39 is 6.03 Å². The molecule has 3 rings (SSSR count). The number of hydrogen-bond donors (Lipinski definition) is 3. The number of carbonyl (C=O) groups is 2. The van der Waals surface area contributed by atoms with Crippen LogP contribution in [0.1, 0.15) is 21.9 Å². The highest BCUT2D eigenvalue weighted by Gasteiger charge is 2.11. The lowest BCUT2D eigenvalue weighted by molar-refractivity contribution is 0.0919. The van der Waals surface area contributed by atoms with Crippen molar-refractivity contribution in [1.29, 1.82) is 0 Å². The molecule has 2 aromatic carbocycles. The largest absolute Gasteiger partial charge is 0.486 e. The molecule has 0 fully saturated rings. The van der Waals surface area contributed by atoms with E-state index in [1.54, 1.807) is 36.4 Å². The molecule has 3 aromatic rings. The Morgan fingerprint density at radius 1 is 1.00 bits per heavy atom. The number of urea groups is 1. The molecule has 0 aliphatic heterocycles. The second-order valence-electron chi connectivity index (χ2n) is 5.88. The van der Waals surface area contributed by atoms with E-state index in [0.717, 1.165) is 5.56 Å². The van der Waals surface area contributed by atoms with Gasteiger partial charge in [0.1, 0.15) is 23.9 Å². The third-order valence-electron chi connectivity index (χ3n) is 3.75. The minimum atomic E-state index is -0.641. The lowest BCUT2D eigenvalue weighted by Gasteiger charge is -2.06. The highest BCUT2D eigenvalue weighted by atomic mass is 19.1. The van der Waals surface area contributed by atoms with Gasteiger partial charge in [-0.1, -0.05) is 12.1 Å². The summed E-state index contributed by atoms with van der Waals surface area (Å²) < 4.78 is 23.8. The van der Waals surface area contributed by atoms with Crippen LogP contribution in [-0.4, -0.2) is 11.9 Å². The molecule has 28 heavy (non-hydrogen) atoms. The Morgan fingerprint density at radius 3 is 2.39 bits per heavy atom. The molecule has 0 atom stereocenters. The van der Waals surface area contributed by atoms with Gasteiger partial charge >= 0.3 is 6.03 Å². The van der Waals surface area contributed by atoms with Crippen LogP contribution >= 0.6 is 0 Å². The lowest BCUT2D eigenvalue weighted by atomic mass is 10.2. The summed E-state index contributed by atoms with van der Waals surface area (Å²) in [4.78, 5) is 23.0. The van der Waals surface area contributed by atoms with Gasteiger partial charge in [-0.05, 0) is 54.1 Å². The molecule has 1 aromatic heterocycles. The van der Waals surface area contributed by atoms with E-state index in [2.05, 4.69) is 10.6 Å². The van der Waals surface area contributed by atoms with Crippen LogP contribution in [0.15, 0.2) is 65.1 Å². The summed E-state index contributed by atoms with van der Waals surface area (Å²) in [6.07, 6.45) is 0. The Hall–Kier alpha value is -3.81. The Bertz CT molecular complexity index is 952. The topological polar surface area (TPSA) is 107 Å². The molecule has 0 aliphatic carbocycles. The molecule has 0 saturated carbocycles. The Labute approximate surface area is 160 Å². The lowest BCUT2D eigenvalue weighted by Crippen LogP contribution is -2.22. The molecule has 0 radical (unpaired) electrons. The molecule has 0 aliphatic rings. The molecule has 144 valence electrons. The van der Waals surface area contributed by atoms with Crippen molar-refractivity contribution in [2.24, 2.45) is 5.73 Å². The van der Waals surface area contributed by atoms with E-state index in [0.29, 0.717) is 17.2 Å². The number of ether oxygens (including phenoxy) is 1. The van der Waals surface area contributed by atoms with Gasteiger partial charge in [0.2, 0.25) is 0 Å². The van der Waals surface area contributed by atoms with Crippen molar-refractivity contribution < 1.29 is 23.1 Å². The van der Waals surface area contributed by atoms with Crippen LogP contribution in [0.5, 0.6) is 5.75 Å². The minimum Gasteiger partial charge on any atom is -0.486 e. The van der Waals surface area contributed by atoms with Crippen LogP contribution in [0.3, 0.4) is 0 Å². The van der Waals surface area contributed by atoms with E-state index in [1.807, 2.05) is 0 Å². The first-order chi connectivity index (χ1) is 13.5. The Balaban J connectivity index is 1.49. The monoisotopic (exact) mass is 383 g/mol. The number of anilines is 1. The maximum absolute atomic E-state index is 12.9. The van der Waals surface area contributed by atoms with Crippen molar-refractivity contribution in [3.05, 3.63) is 83.6 Å². The molecule has 8 heteroatoms. The zero-order chi connectivity index (χ0) is 19.9. The predicted octanol–water partition coefficient (Wildman–Crippen LogP) is 3.42. The summed E-state index contributed by atoms with van der Waals surface area (Å²) in [5, 5.41) is 5.20. The van der Waals surface area contributed by atoms with Crippen molar-refractivity contribution >= 4 is 17.6 Å². The van der Waals surface area contributed by atoms with Crippen molar-refractivity contribution in [3.8, 4) is 5.75 Å². The number of nitrogens with one attached hydrogen (secondary N) is 2. The molecular weight excluding hydrogens is 365 g/mol. The van der Waals surface area contributed by atoms with E-state index in [9.17, 15) is 14.0 Å². The predicted molar refractivity (Wildman–Crippen MR) is 100 cm³/mol. The molecule has 0 spiro atoms. The highest BCUT2D eigenvalue weighted by molar-refractivity contribution is 5.91. The molecule has 0 unspecified atom stereocenters. The third-order valence-corrected chi connectivity index (χ3v) is 3.75. The number of rotatable bonds is 7. The highest BCUT2D eigenvalue weighted by Crippen LogP contribution is 2.15. The van der Waals surface area contributed by atoms with Crippen LogP contribution in [0, 0.1) is 5.82 Å². The Morgan fingerprint density at radius 2 is 1.71 bits per heavy atom. The standard InChI is InChI=1S/C20H18FN3O4/c21-14-3-7-16(8-4-14)27-12-17-9-10-18(28-17)19(25)23-11-13-1-5-15(6-2-13)24-20(22)26/h1-10H,11-12H2,(H,23,25)(H3,22,24,26). The van der Waals surface area contributed by atoms with Gasteiger partial charge in [0.15, 0.2) is 5.76 Å². The first-order valence-corrected chi connectivity index (χ1v) is 8.40. The zero-order valence-electron chi connectivity index (χ0n) is 14.8. The van der Waals surface area contributed by atoms with Crippen molar-refractivity contribution in [3.63, 3.8) is 0 Å². The first-order valence-electron chi connectivity index (χ1n) is 8.40. The number of hydrogen-bond acceptors (Lipinski definition) is 4. The third kappa shape index (κ3) is 5.34. The average molecular weight is 383 g/mol. The summed E-state index contributed by atoms with van der Waals surface area (Å²) in [6, 6.07) is 15.1. The van der Waals surface area contributed by atoms with Crippen LogP contribution in [-0.2, 0) is 13.2 Å². The first kappa shape index (κ1) is 19.0. The van der Waals surface area contributed by atoms with Gasteiger partial charge in [0, 0.05) is 12.2 Å². The number of furan rings is 1. The smallest absolute Gasteiger partial charge is 0.316 e. The van der Waals surface area contributed by atoms with E-state index in [1.165, 1.54) is 24.3 Å². The Kier molecular flexibility index (Phi) is 5.91. The second-order valence-corrected chi connectivity index (χ2v) is 5.88. The summed E-state index contributed by atoms with van der Waals surface area (Å²) in [5.41, 5.74) is 6.46. The van der Waals surface area contributed by atoms with Gasteiger partial charge in [-0.3, -0.25) is 4.79 Å². The van der Waals surface area contributed by atoms with Gasteiger partial charge in [-0.2, -0.15) is 0 Å². The minimum absolute atomic E-state index is 0.118. The fraction of sp³-hybridized carbons (Fsp3) is 0.100. The molecule has 3 amide bonds. The van der Waals surface area contributed by atoms with Crippen LogP contribution in [0.4, 0.5) is 14.9 Å². The van der Waals surface area contributed by atoms with Crippen molar-refractivity contribution in [1.82, 2.24) is 5.32 Å². The SMILES string of the molecule is NC(=O)Nc1ccc(CNC(=O)c2ccc(COc3ccc(F)cc3)o2)cc1. The normalized spacial score (nSPS) is 10.3. The van der Waals surface area contributed by atoms with Gasteiger partial charge in [-0.15, -0.1) is 0 Å². The fourth-order valence-electron chi connectivity index (χ4n) is 2.38. The number of primary amides is 1.